The molecule has 0 bridgehead atoms. The van der Waals surface area contributed by atoms with Crippen LogP contribution in [-0.2, 0) is 20.5 Å². The standard InChI is InChI=1S/C23H34N2O4Si/c1-23(2,3)30(5,6)29-18-20-13-14-21(26)25(20)16-10-15-24(22(27)28-4)17-19-11-8-7-9-12-19/h7-9,11-12,20H,13-14,16-18H2,1-6H3/t20-/m0/s1. The summed E-state index contributed by atoms with van der Waals surface area (Å²) < 4.78 is 11.2. The van der Waals surface area contributed by atoms with Crippen molar-refractivity contribution in [3.05, 3.63) is 35.9 Å². The maximum Gasteiger partial charge on any atom is 0.421 e. The van der Waals surface area contributed by atoms with Crippen molar-refractivity contribution in [2.45, 2.75) is 64.3 Å². The van der Waals surface area contributed by atoms with Crippen LogP contribution in [0, 0.1) is 12.0 Å². The highest BCUT2D eigenvalue weighted by Crippen LogP contribution is 2.37. The number of nitrogens with zero attached hydrogens (tertiary/aromatic N) is 2. The number of rotatable bonds is 6. The molecule has 7 heteroatoms. The van der Waals surface area contributed by atoms with Crippen molar-refractivity contribution in [1.29, 1.82) is 0 Å². The third kappa shape index (κ3) is 6.35. The Kier molecular flexibility index (Phi) is 8.10. The van der Waals surface area contributed by atoms with Crippen molar-refractivity contribution in [1.82, 2.24) is 9.80 Å². The van der Waals surface area contributed by atoms with Gasteiger partial charge in [-0.05, 0) is 30.1 Å². The van der Waals surface area contributed by atoms with Gasteiger partial charge in [0.05, 0.1) is 32.8 Å². The largest absolute Gasteiger partial charge is 0.452 e. The third-order valence-corrected chi connectivity index (χ3v) is 10.4. The second kappa shape index (κ2) is 10.1. The number of benzene rings is 1. The molecule has 2 amide bonds. The molecule has 0 aliphatic carbocycles. The van der Waals surface area contributed by atoms with Crippen LogP contribution in [0.2, 0.25) is 18.1 Å². The van der Waals surface area contributed by atoms with Gasteiger partial charge < -0.3 is 14.1 Å². The Morgan fingerprint density at radius 1 is 1.27 bits per heavy atom. The summed E-state index contributed by atoms with van der Waals surface area (Å²) in [5.74, 6) is 3.07. The molecule has 1 fully saturated rings. The smallest absolute Gasteiger partial charge is 0.421 e. The quantitative estimate of drug-likeness (QED) is 0.385. The van der Waals surface area contributed by atoms with E-state index in [1.165, 1.54) is 12.0 Å². The van der Waals surface area contributed by atoms with E-state index in [2.05, 4.69) is 45.8 Å². The van der Waals surface area contributed by atoms with E-state index in [0.717, 1.165) is 12.0 Å². The first kappa shape index (κ1) is 24.0. The molecule has 1 saturated heterocycles. The molecule has 0 aromatic heterocycles. The number of carbonyl (C=O) groups is 2. The maximum atomic E-state index is 12.4. The van der Waals surface area contributed by atoms with E-state index in [9.17, 15) is 9.59 Å². The topological polar surface area (TPSA) is 59.1 Å². The average Bonchev–Trinajstić information content (AvgIpc) is 3.04. The first-order valence-corrected chi connectivity index (χ1v) is 13.3. The molecule has 0 N–H and O–H groups in total. The van der Waals surface area contributed by atoms with Crippen LogP contribution in [0.25, 0.3) is 0 Å². The fraction of sp³-hybridized carbons (Fsp3) is 0.565. The molecule has 1 aliphatic heterocycles. The van der Waals surface area contributed by atoms with Crippen LogP contribution in [0.5, 0.6) is 0 Å². The van der Waals surface area contributed by atoms with E-state index in [4.69, 9.17) is 9.16 Å². The van der Waals surface area contributed by atoms with E-state index < -0.39 is 14.4 Å². The molecular formula is C23H34N2O4Si. The summed E-state index contributed by atoms with van der Waals surface area (Å²) in [4.78, 5) is 27.6. The number of hydrogen-bond acceptors (Lipinski definition) is 4. The Labute approximate surface area is 181 Å². The van der Waals surface area contributed by atoms with Gasteiger partial charge >= 0.3 is 6.09 Å². The molecule has 1 heterocycles. The number of carbonyl (C=O) groups excluding carboxylic acids is 2. The van der Waals surface area contributed by atoms with Gasteiger partial charge in [0.2, 0.25) is 5.91 Å². The zero-order valence-corrected chi connectivity index (χ0v) is 20.0. The van der Waals surface area contributed by atoms with Crippen molar-refractivity contribution < 1.29 is 18.8 Å². The van der Waals surface area contributed by atoms with Crippen molar-refractivity contribution in [2.24, 2.45) is 0 Å². The van der Waals surface area contributed by atoms with E-state index in [1.54, 1.807) is 4.90 Å². The Balaban J connectivity index is 2.03. The summed E-state index contributed by atoms with van der Waals surface area (Å²) >= 11 is 0. The fourth-order valence-electron chi connectivity index (χ4n) is 2.95. The third-order valence-electron chi connectivity index (χ3n) is 5.94. The fourth-order valence-corrected chi connectivity index (χ4v) is 3.99. The van der Waals surface area contributed by atoms with Crippen LogP contribution < -0.4 is 0 Å². The summed E-state index contributed by atoms with van der Waals surface area (Å²) in [6.07, 6.45) is 0.773. The van der Waals surface area contributed by atoms with Crippen LogP contribution in [0.3, 0.4) is 0 Å². The van der Waals surface area contributed by atoms with Crippen molar-refractivity contribution in [3.63, 3.8) is 0 Å². The number of ether oxygens (including phenoxy) is 1. The highest BCUT2D eigenvalue weighted by Gasteiger charge is 2.39. The number of likely N-dealkylation sites (tertiary alicyclic amines) is 1. The first-order chi connectivity index (χ1) is 14.0. The minimum Gasteiger partial charge on any atom is -0.452 e. The van der Waals surface area contributed by atoms with Gasteiger partial charge in [-0.15, -0.1) is 0 Å². The summed E-state index contributed by atoms with van der Waals surface area (Å²) in [6.45, 7) is 12.2. The highest BCUT2D eigenvalue weighted by atomic mass is 28.4. The molecule has 1 aromatic rings. The summed E-state index contributed by atoms with van der Waals surface area (Å²) in [7, 11) is -0.546. The minimum absolute atomic E-state index is 0.0293. The molecule has 30 heavy (non-hydrogen) atoms. The van der Waals surface area contributed by atoms with Crippen molar-refractivity contribution in [3.8, 4) is 12.0 Å². The van der Waals surface area contributed by atoms with Crippen LogP contribution in [0.15, 0.2) is 30.3 Å². The van der Waals surface area contributed by atoms with Crippen LogP contribution in [0.1, 0.15) is 39.2 Å². The molecule has 0 spiro atoms. The Hall–Kier alpha value is -2.30. The van der Waals surface area contributed by atoms with E-state index >= 15 is 0 Å². The molecule has 0 saturated carbocycles. The monoisotopic (exact) mass is 430 g/mol. The molecule has 1 aromatic carbocycles. The van der Waals surface area contributed by atoms with Crippen molar-refractivity contribution in [2.75, 3.05) is 20.3 Å². The van der Waals surface area contributed by atoms with Crippen LogP contribution >= 0.6 is 0 Å². The molecule has 6 nitrogen and oxygen atoms in total. The lowest BCUT2D eigenvalue weighted by Gasteiger charge is -2.37. The van der Waals surface area contributed by atoms with Gasteiger partial charge in [0.25, 0.3) is 0 Å². The Bertz CT molecular complexity index is 793. The summed E-state index contributed by atoms with van der Waals surface area (Å²) in [5.41, 5.74) is 0.954. The van der Waals surface area contributed by atoms with Gasteiger partial charge in [-0.2, -0.15) is 0 Å². The van der Waals surface area contributed by atoms with Gasteiger partial charge in [0.1, 0.15) is 0 Å². The van der Waals surface area contributed by atoms with Crippen LogP contribution in [0.4, 0.5) is 4.79 Å². The lowest BCUT2D eigenvalue weighted by atomic mass is 10.2. The molecule has 0 radical (unpaired) electrons. The Morgan fingerprint density at radius 3 is 2.53 bits per heavy atom. The van der Waals surface area contributed by atoms with Gasteiger partial charge in [0.15, 0.2) is 8.32 Å². The molecule has 0 unspecified atom stereocenters. The predicted octanol–water partition coefficient (Wildman–Crippen LogP) is 4.23. The lowest BCUT2D eigenvalue weighted by molar-refractivity contribution is -0.128. The van der Waals surface area contributed by atoms with Crippen molar-refractivity contribution >= 4 is 20.3 Å². The Morgan fingerprint density at radius 2 is 1.93 bits per heavy atom. The summed E-state index contributed by atoms with van der Waals surface area (Å²) in [6, 6.07) is 12.5. The minimum atomic E-state index is -1.88. The number of amides is 2. The molecule has 1 aliphatic rings. The van der Waals surface area contributed by atoms with Gasteiger partial charge in [-0.1, -0.05) is 57.0 Å². The second-order valence-electron chi connectivity index (χ2n) is 9.12. The zero-order valence-electron chi connectivity index (χ0n) is 19.0. The van der Waals surface area contributed by atoms with Crippen LogP contribution in [-0.4, -0.2) is 56.4 Å². The zero-order chi connectivity index (χ0) is 22.4. The lowest BCUT2D eigenvalue weighted by Crippen LogP contribution is -2.45. The predicted molar refractivity (Wildman–Crippen MR) is 120 cm³/mol. The second-order valence-corrected chi connectivity index (χ2v) is 13.9. The van der Waals surface area contributed by atoms with E-state index in [1.807, 2.05) is 30.3 Å². The molecular weight excluding hydrogens is 396 g/mol. The highest BCUT2D eigenvalue weighted by molar-refractivity contribution is 6.74. The molecule has 1 atom stereocenters. The maximum absolute atomic E-state index is 12.4. The van der Waals surface area contributed by atoms with Gasteiger partial charge in [-0.3, -0.25) is 4.79 Å². The molecule has 2 rings (SSSR count). The normalized spacial score (nSPS) is 16.8. The number of hydrogen-bond donors (Lipinski definition) is 0. The van der Waals surface area contributed by atoms with E-state index in [-0.39, 0.29) is 23.5 Å². The van der Waals surface area contributed by atoms with E-state index in [0.29, 0.717) is 19.6 Å². The van der Waals surface area contributed by atoms with Gasteiger partial charge in [-0.25, -0.2) is 9.69 Å². The molecule has 164 valence electrons. The first-order valence-electron chi connectivity index (χ1n) is 10.4. The summed E-state index contributed by atoms with van der Waals surface area (Å²) in [5, 5.41) is 0.124. The SMILES string of the molecule is COC(=O)N(C#CCN1C(=O)CC[C@H]1CO[Si](C)(C)C(C)(C)C)Cc1ccccc1. The van der Waals surface area contributed by atoms with Gasteiger partial charge in [0, 0.05) is 12.5 Å². The average molecular weight is 431 g/mol. The number of methoxy groups -OCH3 is 1.